The fourth-order valence-corrected chi connectivity index (χ4v) is 2.78. The Bertz CT molecular complexity index is 570. The van der Waals surface area contributed by atoms with Gasteiger partial charge in [0.2, 0.25) is 0 Å². The number of benzene rings is 1. The molecule has 0 bridgehead atoms. The highest BCUT2D eigenvalue weighted by atomic mass is 16.3. The molecular weight excluding hydrogens is 264 g/mol. The van der Waals surface area contributed by atoms with E-state index in [1.54, 1.807) is 0 Å². The van der Waals surface area contributed by atoms with Gasteiger partial charge in [0.1, 0.15) is 11.8 Å². The van der Waals surface area contributed by atoms with Crippen molar-refractivity contribution in [2.45, 2.75) is 38.3 Å². The Balaban J connectivity index is 1.75. The largest absolute Gasteiger partial charge is 0.382 e. The fourth-order valence-electron chi connectivity index (χ4n) is 2.78. The van der Waals surface area contributed by atoms with Crippen molar-refractivity contribution < 1.29 is 5.11 Å². The fraction of sp³-hybridized carbons (Fsp3) is 0.500. The molecule has 5 nitrogen and oxygen atoms in total. The predicted octanol–water partition coefficient (Wildman–Crippen LogP) is 1.98. The standard InChI is InChI=1S/C16H22N4O/c1-12-4-6-13(7-5-12)16(21)15-11-20(19-18-15)14-3-2-9-17-10-8-14/h4-7,11,14,16-17,21H,2-3,8-10H2,1H3. The summed E-state index contributed by atoms with van der Waals surface area (Å²) in [6, 6.07) is 8.26. The molecule has 3 rings (SSSR count). The number of nitrogens with one attached hydrogen (secondary N) is 1. The Morgan fingerprint density at radius 1 is 1.24 bits per heavy atom. The lowest BCUT2D eigenvalue weighted by atomic mass is 10.1. The first-order chi connectivity index (χ1) is 10.2. The third-order valence-electron chi connectivity index (χ3n) is 4.12. The lowest BCUT2D eigenvalue weighted by Crippen LogP contribution is -2.15. The smallest absolute Gasteiger partial charge is 0.124 e. The third-order valence-corrected chi connectivity index (χ3v) is 4.12. The normalized spacial score (nSPS) is 21.0. The minimum atomic E-state index is -0.705. The molecule has 1 aromatic carbocycles. The monoisotopic (exact) mass is 286 g/mol. The first-order valence-corrected chi connectivity index (χ1v) is 7.61. The van der Waals surface area contributed by atoms with E-state index in [0.717, 1.165) is 37.9 Å². The van der Waals surface area contributed by atoms with E-state index in [9.17, 15) is 5.11 Å². The van der Waals surface area contributed by atoms with Gasteiger partial charge in [-0.05, 0) is 44.8 Å². The number of aryl methyl sites for hydroxylation is 1. The zero-order valence-electron chi connectivity index (χ0n) is 12.4. The Hall–Kier alpha value is -1.72. The van der Waals surface area contributed by atoms with E-state index < -0.39 is 6.10 Å². The minimum Gasteiger partial charge on any atom is -0.382 e. The quantitative estimate of drug-likeness (QED) is 0.905. The van der Waals surface area contributed by atoms with Crippen molar-refractivity contribution in [1.29, 1.82) is 0 Å². The third kappa shape index (κ3) is 3.31. The van der Waals surface area contributed by atoms with Gasteiger partial charge in [-0.25, -0.2) is 4.68 Å². The zero-order valence-corrected chi connectivity index (χ0v) is 12.4. The average molecular weight is 286 g/mol. The predicted molar refractivity (Wildman–Crippen MR) is 81.0 cm³/mol. The number of hydrogen-bond donors (Lipinski definition) is 2. The van der Waals surface area contributed by atoms with E-state index in [2.05, 4.69) is 15.6 Å². The molecule has 0 amide bonds. The molecule has 2 aromatic rings. The summed E-state index contributed by atoms with van der Waals surface area (Å²) < 4.78 is 1.92. The van der Waals surface area contributed by atoms with E-state index in [1.807, 2.05) is 42.1 Å². The van der Waals surface area contributed by atoms with E-state index in [-0.39, 0.29) is 0 Å². The van der Waals surface area contributed by atoms with Gasteiger partial charge in [-0.1, -0.05) is 35.0 Å². The molecule has 5 heteroatoms. The van der Waals surface area contributed by atoms with Gasteiger partial charge >= 0.3 is 0 Å². The van der Waals surface area contributed by atoms with Gasteiger partial charge in [-0.15, -0.1) is 5.10 Å². The number of rotatable bonds is 3. The van der Waals surface area contributed by atoms with Gasteiger partial charge in [0.25, 0.3) is 0 Å². The molecule has 21 heavy (non-hydrogen) atoms. The minimum absolute atomic E-state index is 0.381. The number of aliphatic hydroxyl groups excluding tert-OH is 1. The second-order valence-corrected chi connectivity index (χ2v) is 5.77. The molecule has 0 radical (unpaired) electrons. The maximum absolute atomic E-state index is 10.4. The van der Waals surface area contributed by atoms with Crippen LogP contribution in [0.25, 0.3) is 0 Å². The van der Waals surface area contributed by atoms with Gasteiger partial charge < -0.3 is 10.4 Å². The lowest BCUT2D eigenvalue weighted by molar-refractivity contribution is 0.215. The van der Waals surface area contributed by atoms with E-state index >= 15 is 0 Å². The molecule has 2 unspecified atom stereocenters. The van der Waals surface area contributed by atoms with Crippen molar-refractivity contribution >= 4 is 0 Å². The molecule has 2 heterocycles. The molecule has 0 saturated carbocycles. The maximum atomic E-state index is 10.4. The van der Waals surface area contributed by atoms with Gasteiger partial charge in [0.15, 0.2) is 0 Å². The van der Waals surface area contributed by atoms with Gasteiger partial charge in [0.05, 0.1) is 12.2 Å². The van der Waals surface area contributed by atoms with Crippen LogP contribution < -0.4 is 5.32 Å². The van der Waals surface area contributed by atoms with Crippen LogP contribution in [0.4, 0.5) is 0 Å². The second kappa shape index (κ2) is 6.37. The number of hydrogen-bond acceptors (Lipinski definition) is 4. The van der Waals surface area contributed by atoms with Crippen molar-refractivity contribution in [3.05, 3.63) is 47.3 Å². The van der Waals surface area contributed by atoms with Crippen LogP contribution in [0, 0.1) is 6.92 Å². The topological polar surface area (TPSA) is 63.0 Å². The molecular formula is C16H22N4O. The van der Waals surface area contributed by atoms with Crippen LogP contribution in [-0.2, 0) is 0 Å². The SMILES string of the molecule is Cc1ccc(C(O)c2cn(C3CCCNCC3)nn2)cc1. The van der Waals surface area contributed by atoms with Gasteiger partial charge in [0, 0.05) is 0 Å². The second-order valence-electron chi connectivity index (χ2n) is 5.77. The van der Waals surface area contributed by atoms with Crippen LogP contribution in [0.15, 0.2) is 30.5 Å². The zero-order chi connectivity index (χ0) is 14.7. The van der Waals surface area contributed by atoms with E-state index in [4.69, 9.17) is 0 Å². The van der Waals surface area contributed by atoms with Crippen molar-refractivity contribution in [2.24, 2.45) is 0 Å². The summed E-state index contributed by atoms with van der Waals surface area (Å²) in [4.78, 5) is 0. The summed E-state index contributed by atoms with van der Waals surface area (Å²) in [5.74, 6) is 0. The summed E-state index contributed by atoms with van der Waals surface area (Å²) in [6.45, 7) is 4.12. The first kappa shape index (κ1) is 14.2. The molecule has 1 fully saturated rings. The lowest BCUT2D eigenvalue weighted by Gasteiger charge is -2.13. The van der Waals surface area contributed by atoms with Crippen LogP contribution in [0.2, 0.25) is 0 Å². The molecule has 1 saturated heterocycles. The molecule has 0 aliphatic carbocycles. The molecule has 2 N–H and O–H groups in total. The number of aliphatic hydroxyl groups is 1. The highest BCUT2D eigenvalue weighted by Gasteiger charge is 2.19. The summed E-state index contributed by atoms with van der Waals surface area (Å²) in [5, 5.41) is 22.2. The summed E-state index contributed by atoms with van der Waals surface area (Å²) in [6.07, 6.45) is 4.50. The molecule has 1 aliphatic heterocycles. The van der Waals surface area contributed by atoms with Crippen LogP contribution in [0.5, 0.6) is 0 Å². The van der Waals surface area contributed by atoms with Crippen LogP contribution in [-0.4, -0.2) is 33.2 Å². The van der Waals surface area contributed by atoms with Crippen molar-refractivity contribution in [1.82, 2.24) is 20.3 Å². The summed E-state index contributed by atoms with van der Waals surface area (Å²) in [7, 11) is 0. The Kier molecular flexibility index (Phi) is 4.31. The summed E-state index contributed by atoms with van der Waals surface area (Å²) >= 11 is 0. The molecule has 1 aromatic heterocycles. The van der Waals surface area contributed by atoms with Gasteiger partial charge in [-0.3, -0.25) is 0 Å². The number of nitrogens with zero attached hydrogens (tertiary/aromatic N) is 3. The molecule has 112 valence electrons. The first-order valence-electron chi connectivity index (χ1n) is 7.61. The average Bonchev–Trinajstić information content (AvgIpc) is 2.83. The molecule has 2 atom stereocenters. The van der Waals surface area contributed by atoms with Crippen LogP contribution in [0.1, 0.15) is 48.2 Å². The Labute approximate surface area is 125 Å². The van der Waals surface area contributed by atoms with Crippen LogP contribution in [0.3, 0.4) is 0 Å². The van der Waals surface area contributed by atoms with E-state index in [1.165, 1.54) is 5.56 Å². The van der Waals surface area contributed by atoms with Crippen molar-refractivity contribution in [2.75, 3.05) is 13.1 Å². The van der Waals surface area contributed by atoms with Crippen molar-refractivity contribution in [3.63, 3.8) is 0 Å². The highest BCUT2D eigenvalue weighted by molar-refractivity contribution is 5.27. The number of aromatic nitrogens is 3. The van der Waals surface area contributed by atoms with Crippen molar-refractivity contribution in [3.8, 4) is 0 Å². The Morgan fingerprint density at radius 3 is 2.86 bits per heavy atom. The molecule has 1 aliphatic rings. The Morgan fingerprint density at radius 2 is 2.05 bits per heavy atom. The van der Waals surface area contributed by atoms with Gasteiger partial charge in [-0.2, -0.15) is 0 Å². The molecule has 0 spiro atoms. The highest BCUT2D eigenvalue weighted by Crippen LogP contribution is 2.23. The van der Waals surface area contributed by atoms with E-state index in [0.29, 0.717) is 11.7 Å². The maximum Gasteiger partial charge on any atom is 0.124 e. The summed E-state index contributed by atoms with van der Waals surface area (Å²) in [5.41, 5.74) is 2.66. The van der Waals surface area contributed by atoms with Crippen LogP contribution >= 0.6 is 0 Å².